The van der Waals surface area contributed by atoms with Gasteiger partial charge in [-0.15, -0.1) is 0 Å². The SMILES string of the molecule is CC(=O)C12CC3CC(C1)C(OC(=O)Cl)C(C3)C2. The van der Waals surface area contributed by atoms with Gasteiger partial charge in [0, 0.05) is 17.0 Å². The van der Waals surface area contributed by atoms with Crippen molar-refractivity contribution >= 4 is 22.8 Å². The summed E-state index contributed by atoms with van der Waals surface area (Å²) in [5.41, 5.74) is -0.800. The van der Waals surface area contributed by atoms with Crippen molar-refractivity contribution in [3.63, 3.8) is 0 Å². The zero-order chi connectivity index (χ0) is 12.2. The molecular weight excluding hydrogens is 240 g/mol. The Bertz CT molecular complexity index is 363. The maximum atomic E-state index is 11.9. The standard InChI is InChI=1S/C13H17ClO3/c1-7(15)13-4-8-2-9(5-13)11(17-12(14)16)10(3-8)6-13/h8-11H,2-6H2,1H3. The summed E-state index contributed by atoms with van der Waals surface area (Å²) in [6, 6.07) is 0. The number of ketones is 1. The molecule has 0 spiro atoms. The quantitative estimate of drug-likeness (QED) is 0.713. The predicted octanol–water partition coefficient (Wildman–Crippen LogP) is 3.15. The molecule has 0 amide bonds. The lowest BCUT2D eigenvalue weighted by Gasteiger charge is -2.58. The summed E-state index contributed by atoms with van der Waals surface area (Å²) >= 11 is 5.34. The lowest BCUT2D eigenvalue weighted by molar-refractivity contribution is -0.158. The minimum atomic E-state index is -0.695. The van der Waals surface area contributed by atoms with Gasteiger partial charge in [-0.3, -0.25) is 4.79 Å². The molecule has 4 rings (SSSR count). The van der Waals surface area contributed by atoms with E-state index < -0.39 is 5.43 Å². The second-order valence-corrected chi connectivity index (χ2v) is 6.44. The smallest absolute Gasteiger partial charge is 0.404 e. The van der Waals surface area contributed by atoms with Crippen molar-refractivity contribution in [1.29, 1.82) is 0 Å². The average molecular weight is 257 g/mol. The van der Waals surface area contributed by atoms with Gasteiger partial charge in [0.25, 0.3) is 0 Å². The summed E-state index contributed by atoms with van der Waals surface area (Å²) in [5.74, 6) is 1.69. The van der Waals surface area contributed by atoms with E-state index in [-0.39, 0.29) is 11.5 Å². The highest BCUT2D eigenvalue weighted by Gasteiger charge is 2.58. The number of rotatable bonds is 2. The largest absolute Gasteiger partial charge is 0.450 e. The van der Waals surface area contributed by atoms with Gasteiger partial charge in [0.1, 0.15) is 11.9 Å². The van der Waals surface area contributed by atoms with E-state index in [4.69, 9.17) is 16.3 Å². The molecule has 0 radical (unpaired) electrons. The van der Waals surface area contributed by atoms with Crippen LogP contribution in [-0.2, 0) is 9.53 Å². The number of carbonyl (C=O) groups excluding carboxylic acids is 2. The van der Waals surface area contributed by atoms with Crippen molar-refractivity contribution in [1.82, 2.24) is 0 Å². The van der Waals surface area contributed by atoms with Crippen molar-refractivity contribution < 1.29 is 14.3 Å². The summed E-state index contributed by atoms with van der Waals surface area (Å²) < 4.78 is 5.27. The number of hydrogen-bond acceptors (Lipinski definition) is 3. The van der Waals surface area contributed by atoms with Crippen LogP contribution in [0, 0.1) is 23.2 Å². The molecule has 2 unspecified atom stereocenters. The Labute approximate surface area is 106 Å². The summed E-state index contributed by atoms with van der Waals surface area (Å²) in [7, 11) is 0. The third-order valence-electron chi connectivity index (χ3n) is 5.16. The van der Waals surface area contributed by atoms with E-state index in [0.29, 0.717) is 23.5 Å². The Kier molecular flexibility index (Phi) is 2.51. The van der Waals surface area contributed by atoms with Gasteiger partial charge in [-0.05, 0) is 56.8 Å². The summed E-state index contributed by atoms with van der Waals surface area (Å²) in [5, 5.41) is 0. The monoisotopic (exact) mass is 256 g/mol. The topological polar surface area (TPSA) is 43.4 Å². The van der Waals surface area contributed by atoms with Crippen LogP contribution in [-0.4, -0.2) is 17.3 Å². The van der Waals surface area contributed by atoms with Crippen molar-refractivity contribution in [2.24, 2.45) is 23.2 Å². The Balaban J connectivity index is 1.85. The van der Waals surface area contributed by atoms with E-state index in [9.17, 15) is 9.59 Å². The number of carbonyl (C=O) groups is 2. The molecule has 0 aliphatic heterocycles. The van der Waals surface area contributed by atoms with Gasteiger partial charge in [0.05, 0.1) is 0 Å². The first kappa shape index (κ1) is 11.5. The first-order valence-electron chi connectivity index (χ1n) is 6.37. The molecule has 2 atom stereocenters. The Hall–Kier alpha value is -0.570. The van der Waals surface area contributed by atoms with Crippen LogP contribution in [0.25, 0.3) is 0 Å². The van der Waals surface area contributed by atoms with E-state index >= 15 is 0 Å². The van der Waals surface area contributed by atoms with Crippen LogP contribution >= 0.6 is 11.6 Å². The zero-order valence-corrected chi connectivity index (χ0v) is 10.7. The molecule has 3 nitrogen and oxygen atoms in total. The van der Waals surface area contributed by atoms with Crippen molar-refractivity contribution in [2.45, 2.75) is 45.1 Å². The van der Waals surface area contributed by atoms with Gasteiger partial charge in [-0.2, -0.15) is 0 Å². The minimum absolute atomic E-state index is 0.0379. The van der Waals surface area contributed by atoms with Crippen LogP contribution in [0.1, 0.15) is 39.0 Å². The van der Waals surface area contributed by atoms with Crippen molar-refractivity contribution in [3.8, 4) is 0 Å². The second kappa shape index (κ2) is 3.71. The maximum Gasteiger partial charge on any atom is 0.404 e. The van der Waals surface area contributed by atoms with Crippen LogP contribution in [0.15, 0.2) is 0 Å². The highest BCUT2D eigenvalue weighted by atomic mass is 35.5. The normalized spacial score (nSPS) is 46.9. The van der Waals surface area contributed by atoms with Crippen LogP contribution in [0.3, 0.4) is 0 Å². The van der Waals surface area contributed by atoms with Crippen LogP contribution in [0.5, 0.6) is 0 Å². The molecular formula is C13H17ClO3. The molecule has 17 heavy (non-hydrogen) atoms. The van der Waals surface area contributed by atoms with Gasteiger partial charge in [0.15, 0.2) is 0 Å². The summed E-state index contributed by atoms with van der Waals surface area (Å²) in [6.07, 6.45) is 5.00. The van der Waals surface area contributed by atoms with Gasteiger partial charge in [-0.1, -0.05) is 0 Å². The highest BCUT2D eigenvalue weighted by molar-refractivity contribution is 6.61. The molecule has 0 aromatic carbocycles. The number of hydrogen-bond donors (Lipinski definition) is 0. The average Bonchev–Trinajstić information content (AvgIpc) is 2.22. The predicted molar refractivity (Wildman–Crippen MR) is 62.8 cm³/mol. The molecule has 4 fully saturated rings. The zero-order valence-electron chi connectivity index (χ0n) is 9.95. The van der Waals surface area contributed by atoms with Crippen molar-refractivity contribution in [2.75, 3.05) is 0 Å². The molecule has 0 aromatic heterocycles. The second-order valence-electron chi connectivity index (χ2n) is 6.13. The number of Topliss-reactive ketones (excluding diaryl/α,β-unsaturated/α-hetero) is 1. The molecule has 4 aliphatic rings. The lowest BCUT2D eigenvalue weighted by atomic mass is 9.47. The maximum absolute atomic E-state index is 11.9. The first-order valence-corrected chi connectivity index (χ1v) is 6.75. The molecule has 0 heterocycles. The lowest BCUT2D eigenvalue weighted by Crippen LogP contribution is -2.56. The molecule has 0 saturated heterocycles. The van der Waals surface area contributed by atoms with E-state index in [1.165, 1.54) is 0 Å². The molecule has 4 bridgehead atoms. The fraction of sp³-hybridized carbons (Fsp3) is 0.846. The molecule has 4 aliphatic carbocycles. The molecule has 4 saturated carbocycles. The Morgan fingerprint density at radius 2 is 1.76 bits per heavy atom. The number of ether oxygens (including phenoxy) is 1. The van der Waals surface area contributed by atoms with Gasteiger partial charge >= 0.3 is 5.43 Å². The number of halogens is 1. The molecule has 0 N–H and O–H groups in total. The molecule has 94 valence electrons. The highest BCUT2D eigenvalue weighted by Crippen LogP contribution is 2.61. The van der Waals surface area contributed by atoms with E-state index in [1.54, 1.807) is 6.92 Å². The summed E-state index contributed by atoms with van der Waals surface area (Å²) in [4.78, 5) is 22.8. The van der Waals surface area contributed by atoms with E-state index in [1.807, 2.05) is 0 Å². The Morgan fingerprint density at radius 1 is 1.18 bits per heavy atom. The summed E-state index contributed by atoms with van der Waals surface area (Å²) in [6.45, 7) is 1.72. The van der Waals surface area contributed by atoms with Gasteiger partial charge in [0.2, 0.25) is 0 Å². The van der Waals surface area contributed by atoms with Gasteiger partial charge < -0.3 is 4.74 Å². The molecule has 0 aromatic rings. The van der Waals surface area contributed by atoms with E-state index in [0.717, 1.165) is 32.1 Å². The van der Waals surface area contributed by atoms with E-state index in [2.05, 4.69) is 0 Å². The van der Waals surface area contributed by atoms with Crippen LogP contribution in [0.2, 0.25) is 0 Å². The Morgan fingerprint density at radius 3 is 2.24 bits per heavy atom. The fourth-order valence-corrected chi connectivity index (χ4v) is 4.81. The minimum Gasteiger partial charge on any atom is -0.450 e. The fourth-order valence-electron chi connectivity index (χ4n) is 4.71. The van der Waals surface area contributed by atoms with Crippen LogP contribution in [0.4, 0.5) is 4.79 Å². The van der Waals surface area contributed by atoms with Gasteiger partial charge in [-0.25, -0.2) is 4.79 Å². The molecule has 4 heteroatoms. The third-order valence-corrected chi connectivity index (χ3v) is 5.25. The first-order chi connectivity index (χ1) is 8.00. The third kappa shape index (κ3) is 1.70. The van der Waals surface area contributed by atoms with Crippen molar-refractivity contribution in [3.05, 3.63) is 0 Å². The van der Waals surface area contributed by atoms with Crippen LogP contribution < -0.4 is 0 Å².